The van der Waals surface area contributed by atoms with Crippen LogP contribution in [0.4, 0.5) is 0 Å². The van der Waals surface area contributed by atoms with E-state index < -0.39 is 67.7 Å². The fourth-order valence-electron chi connectivity index (χ4n) is 2.25. The minimum atomic E-state index is -2.87. The van der Waals surface area contributed by atoms with Crippen molar-refractivity contribution in [1.29, 1.82) is 0 Å². The van der Waals surface area contributed by atoms with E-state index in [4.69, 9.17) is 20.5 Å². The minimum absolute atomic E-state index is 0.611. The lowest BCUT2D eigenvalue weighted by molar-refractivity contribution is -0.294. The zero-order chi connectivity index (χ0) is 18.5. The number of hydrogen-bond acceptors (Lipinski definition) is 9. The normalized spacial score (nSPS) is 32.3. The van der Waals surface area contributed by atoms with Gasteiger partial charge in [-0.2, -0.15) is 0 Å². The zero-order valence-corrected chi connectivity index (χ0v) is 12.3. The Morgan fingerprint density at radius 2 is 2.08 bits per heavy atom. The Kier molecular flexibility index (Phi) is 6.86. The van der Waals surface area contributed by atoms with E-state index in [9.17, 15) is 30.0 Å². The number of carbonyl (C=O) groups excluding carboxylic acids is 1. The summed E-state index contributed by atoms with van der Waals surface area (Å²) in [5.74, 6) is -5.69. The Morgan fingerprint density at radius 3 is 2.58 bits per heavy atom. The Labute approximate surface area is 134 Å². The molecule has 1 aliphatic rings. The van der Waals surface area contributed by atoms with Crippen LogP contribution in [-0.4, -0.2) is 91.9 Å². The maximum atomic E-state index is 11.3. The number of ether oxygens (including phenoxy) is 1. The summed E-state index contributed by atoms with van der Waals surface area (Å²) >= 11 is 0. The zero-order valence-electron chi connectivity index (χ0n) is 12.3. The number of nitrogens with zero attached hydrogens (tertiary/aromatic N) is 3. The van der Waals surface area contributed by atoms with Crippen molar-refractivity contribution < 1.29 is 45.0 Å². The highest BCUT2D eigenvalue weighted by Gasteiger charge is 2.53. The number of amides is 1. The molecular formula is C11H18N4O9. The van der Waals surface area contributed by atoms with Gasteiger partial charge in [0.15, 0.2) is 0 Å². The van der Waals surface area contributed by atoms with E-state index in [1.165, 1.54) is 0 Å². The molecule has 0 aromatic heterocycles. The van der Waals surface area contributed by atoms with Gasteiger partial charge in [0.25, 0.3) is 5.79 Å². The van der Waals surface area contributed by atoms with E-state index >= 15 is 0 Å². The number of carbonyl (C=O) groups is 2. The first-order valence-electron chi connectivity index (χ1n) is 6.75. The van der Waals surface area contributed by atoms with Crippen molar-refractivity contribution in [3.8, 4) is 0 Å². The molecular weight excluding hydrogens is 332 g/mol. The van der Waals surface area contributed by atoms with Crippen LogP contribution in [0.5, 0.6) is 0 Å². The van der Waals surface area contributed by atoms with Crippen molar-refractivity contribution in [1.82, 2.24) is 5.32 Å². The third-order valence-electron chi connectivity index (χ3n) is 3.45. The summed E-state index contributed by atoms with van der Waals surface area (Å²) in [6.45, 7) is -1.57. The SMILES string of the molecule is [N-]=[N+]=NC[C@@H](O)[C@@H](O)[C@@H]1OC(O)(C(=O)O)C[C@H](O)[C@H]1NC(=O)CO. The number of nitrogens with one attached hydrogen (secondary N) is 1. The van der Waals surface area contributed by atoms with E-state index in [0.29, 0.717) is 0 Å². The van der Waals surface area contributed by atoms with Crippen molar-refractivity contribution in [2.75, 3.05) is 13.2 Å². The number of carboxylic acid groups (broad SMARTS) is 1. The largest absolute Gasteiger partial charge is 0.477 e. The highest BCUT2D eigenvalue weighted by molar-refractivity contribution is 5.78. The molecule has 1 rings (SSSR count). The fraction of sp³-hybridized carbons (Fsp3) is 0.818. The Hall–Kier alpha value is -1.99. The summed E-state index contributed by atoms with van der Waals surface area (Å²) in [6, 6.07) is -1.44. The number of rotatable bonds is 7. The second-order valence-corrected chi connectivity index (χ2v) is 5.17. The molecule has 136 valence electrons. The molecule has 0 spiro atoms. The molecule has 13 nitrogen and oxygen atoms in total. The molecule has 0 radical (unpaired) electrons. The molecule has 24 heavy (non-hydrogen) atoms. The summed E-state index contributed by atoms with van der Waals surface area (Å²) < 4.78 is 4.88. The number of hydrogen-bond donors (Lipinski definition) is 7. The summed E-state index contributed by atoms with van der Waals surface area (Å²) in [4.78, 5) is 24.8. The molecule has 0 saturated carbocycles. The van der Waals surface area contributed by atoms with Gasteiger partial charge < -0.3 is 40.7 Å². The van der Waals surface area contributed by atoms with Crippen LogP contribution in [0.1, 0.15) is 6.42 Å². The first kappa shape index (κ1) is 20.1. The van der Waals surface area contributed by atoms with Crippen molar-refractivity contribution in [2.45, 2.75) is 42.7 Å². The maximum absolute atomic E-state index is 11.3. The number of azide groups is 1. The van der Waals surface area contributed by atoms with Crippen molar-refractivity contribution in [3.63, 3.8) is 0 Å². The van der Waals surface area contributed by atoms with Gasteiger partial charge >= 0.3 is 5.97 Å². The monoisotopic (exact) mass is 350 g/mol. The second-order valence-electron chi connectivity index (χ2n) is 5.17. The number of aliphatic hydroxyl groups excluding tert-OH is 4. The van der Waals surface area contributed by atoms with E-state index in [1.54, 1.807) is 0 Å². The van der Waals surface area contributed by atoms with Gasteiger partial charge in [0.1, 0.15) is 18.8 Å². The van der Waals surface area contributed by atoms with E-state index in [2.05, 4.69) is 15.3 Å². The van der Waals surface area contributed by atoms with E-state index in [-0.39, 0.29) is 0 Å². The molecule has 1 aliphatic heterocycles. The number of aliphatic carboxylic acids is 1. The summed E-state index contributed by atoms with van der Waals surface area (Å²) in [7, 11) is 0. The molecule has 0 aromatic rings. The van der Waals surface area contributed by atoms with Gasteiger partial charge in [-0.05, 0) is 5.53 Å². The van der Waals surface area contributed by atoms with Gasteiger partial charge in [0.05, 0.1) is 24.8 Å². The van der Waals surface area contributed by atoms with Crippen LogP contribution in [0.25, 0.3) is 10.4 Å². The van der Waals surface area contributed by atoms with Crippen LogP contribution < -0.4 is 5.32 Å². The van der Waals surface area contributed by atoms with E-state index in [0.717, 1.165) is 0 Å². The van der Waals surface area contributed by atoms with Crippen molar-refractivity contribution >= 4 is 11.9 Å². The van der Waals surface area contributed by atoms with Crippen LogP contribution in [0.15, 0.2) is 5.11 Å². The van der Waals surface area contributed by atoms with Gasteiger partial charge in [0, 0.05) is 11.3 Å². The molecule has 13 heteroatoms. The van der Waals surface area contributed by atoms with Gasteiger partial charge in [-0.25, -0.2) is 4.79 Å². The van der Waals surface area contributed by atoms with Gasteiger partial charge in [0.2, 0.25) is 5.91 Å². The third kappa shape index (κ3) is 4.52. The molecule has 0 aliphatic carbocycles. The fourth-order valence-corrected chi connectivity index (χ4v) is 2.25. The molecule has 7 N–H and O–H groups in total. The molecule has 1 amide bonds. The van der Waals surface area contributed by atoms with Crippen LogP contribution in [0.3, 0.4) is 0 Å². The predicted octanol–water partition coefficient (Wildman–Crippen LogP) is -3.58. The molecule has 1 heterocycles. The van der Waals surface area contributed by atoms with E-state index in [1.807, 2.05) is 0 Å². The molecule has 6 atom stereocenters. The molecule has 1 saturated heterocycles. The average molecular weight is 350 g/mol. The molecule has 0 bridgehead atoms. The number of carboxylic acids is 1. The third-order valence-corrected chi connectivity index (χ3v) is 3.45. The first-order valence-corrected chi connectivity index (χ1v) is 6.75. The Morgan fingerprint density at radius 1 is 1.46 bits per heavy atom. The lowest BCUT2D eigenvalue weighted by atomic mass is 9.88. The van der Waals surface area contributed by atoms with Crippen LogP contribution >= 0.6 is 0 Å². The molecule has 1 fully saturated rings. The van der Waals surface area contributed by atoms with Gasteiger partial charge in [-0.15, -0.1) is 0 Å². The first-order chi connectivity index (χ1) is 11.2. The van der Waals surface area contributed by atoms with Crippen molar-refractivity contribution in [3.05, 3.63) is 10.4 Å². The van der Waals surface area contributed by atoms with Crippen molar-refractivity contribution in [2.24, 2.45) is 5.11 Å². The predicted molar refractivity (Wildman–Crippen MR) is 73.1 cm³/mol. The average Bonchev–Trinajstić information content (AvgIpc) is 2.53. The topological polar surface area (TPSA) is 226 Å². The standard InChI is InChI=1S/C11H18N4O9/c12-15-13-2-5(18)8(20)9-7(14-6(19)3-16)4(17)1-11(23,24-9)10(21)22/h4-5,7-9,16-18,20,23H,1-3H2,(H,14,19)(H,21,22)/t4-,5+,7+,8+,9+,11?/m0/s1. The van der Waals surface area contributed by atoms with Crippen LogP contribution in [0, 0.1) is 0 Å². The quantitative estimate of drug-likeness (QED) is 0.137. The van der Waals surface area contributed by atoms with Gasteiger partial charge in [-0.3, -0.25) is 4.79 Å². The summed E-state index contributed by atoms with van der Waals surface area (Å²) in [6.07, 6.45) is -7.95. The lowest BCUT2D eigenvalue weighted by Gasteiger charge is -2.44. The highest BCUT2D eigenvalue weighted by atomic mass is 16.7. The lowest BCUT2D eigenvalue weighted by Crippen LogP contribution is -2.67. The van der Waals surface area contributed by atoms with Crippen LogP contribution in [0.2, 0.25) is 0 Å². The smallest absolute Gasteiger partial charge is 0.364 e. The Bertz CT molecular complexity index is 526. The number of aliphatic hydroxyl groups is 5. The van der Waals surface area contributed by atoms with Gasteiger partial charge in [-0.1, -0.05) is 5.11 Å². The highest BCUT2D eigenvalue weighted by Crippen LogP contribution is 2.30. The maximum Gasteiger partial charge on any atom is 0.364 e. The molecule has 1 unspecified atom stereocenters. The summed E-state index contributed by atoms with van der Waals surface area (Å²) in [5.41, 5.74) is 8.20. The molecule has 0 aromatic carbocycles. The summed E-state index contributed by atoms with van der Waals surface area (Å²) in [5, 5.41) is 62.5. The second kappa shape index (κ2) is 8.21. The van der Waals surface area contributed by atoms with Crippen LogP contribution in [-0.2, 0) is 14.3 Å². The Balaban J connectivity index is 3.09. The minimum Gasteiger partial charge on any atom is -0.477 e.